The van der Waals surface area contributed by atoms with Crippen molar-refractivity contribution < 1.29 is 29.3 Å². The quantitative estimate of drug-likeness (QED) is 0.314. The number of ether oxygens (including phenoxy) is 2. The number of carbonyl (C=O) groups is 2. The largest absolute Gasteiger partial charge is 0.497 e. The summed E-state index contributed by atoms with van der Waals surface area (Å²) in [5, 5.41) is 19.4. The lowest BCUT2D eigenvalue weighted by atomic mass is 10.1. The standard InChI is InChI=1S/C27H33NO6/c1-33-22-9-7-11-24(19-22)34-23-10-6-8-20(18-23)25(29)15-13-21-14-16-26(30)28(21)17-5-3-2-4-12-27(31)32/h6-11,13,15,18-19,21,25,29H,2-5,12,14,16-17H2,1H3,(H,31,32)/t21-,25?/m0/s1. The van der Waals surface area contributed by atoms with Crippen LogP contribution >= 0.6 is 0 Å². The number of rotatable bonds is 13. The predicted octanol–water partition coefficient (Wildman–Crippen LogP) is 5.10. The maximum Gasteiger partial charge on any atom is 0.303 e. The number of hydrogen-bond acceptors (Lipinski definition) is 5. The van der Waals surface area contributed by atoms with Gasteiger partial charge in [-0.15, -0.1) is 0 Å². The molecule has 7 heteroatoms. The van der Waals surface area contributed by atoms with Gasteiger partial charge in [-0.1, -0.05) is 43.2 Å². The number of amides is 1. The normalized spacial score (nSPS) is 16.7. The first-order chi connectivity index (χ1) is 16.5. The highest BCUT2D eigenvalue weighted by molar-refractivity contribution is 5.79. The van der Waals surface area contributed by atoms with Crippen molar-refractivity contribution >= 4 is 11.9 Å². The van der Waals surface area contributed by atoms with Gasteiger partial charge in [-0.3, -0.25) is 9.59 Å². The van der Waals surface area contributed by atoms with Gasteiger partial charge in [-0.2, -0.15) is 0 Å². The molecule has 182 valence electrons. The fraction of sp³-hybridized carbons (Fsp3) is 0.407. The van der Waals surface area contributed by atoms with E-state index in [9.17, 15) is 14.7 Å². The molecule has 0 radical (unpaired) electrons. The zero-order chi connectivity index (χ0) is 24.3. The van der Waals surface area contributed by atoms with Gasteiger partial charge in [-0.25, -0.2) is 0 Å². The lowest BCUT2D eigenvalue weighted by Crippen LogP contribution is -2.32. The van der Waals surface area contributed by atoms with Crippen LogP contribution in [0.25, 0.3) is 0 Å². The Morgan fingerprint density at radius 3 is 2.56 bits per heavy atom. The van der Waals surface area contributed by atoms with Crippen LogP contribution in [0.2, 0.25) is 0 Å². The molecule has 1 aliphatic rings. The summed E-state index contributed by atoms with van der Waals surface area (Å²) in [5.74, 6) is 1.31. The number of aliphatic carboxylic acids is 1. The maximum atomic E-state index is 12.3. The molecular formula is C27H33NO6. The molecule has 0 aliphatic carbocycles. The summed E-state index contributed by atoms with van der Waals surface area (Å²) in [6.45, 7) is 0.654. The second-order valence-electron chi connectivity index (χ2n) is 8.43. The zero-order valence-electron chi connectivity index (χ0n) is 19.6. The second kappa shape index (κ2) is 12.8. The summed E-state index contributed by atoms with van der Waals surface area (Å²) in [4.78, 5) is 24.8. The van der Waals surface area contributed by atoms with E-state index in [1.807, 2.05) is 47.4 Å². The van der Waals surface area contributed by atoms with E-state index in [4.69, 9.17) is 14.6 Å². The third-order valence-electron chi connectivity index (χ3n) is 5.91. The van der Waals surface area contributed by atoms with Crippen LogP contribution in [0.3, 0.4) is 0 Å². The first-order valence-corrected chi connectivity index (χ1v) is 11.8. The molecule has 1 amide bonds. The van der Waals surface area contributed by atoms with Crippen LogP contribution < -0.4 is 9.47 Å². The minimum absolute atomic E-state index is 0.0302. The van der Waals surface area contributed by atoms with Gasteiger partial charge in [0.05, 0.1) is 19.3 Å². The molecule has 0 aromatic heterocycles. The van der Waals surface area contributed by atoms with Crippen molar-refractivity contribution in [3.63, 3.8) is 0 Å². The minimum atomic E-state index is -0.817. The van der Waals surface area contributed by atoms with E-state index in [2.05, 4.69) is 0 Å². The van der Waals surface area contributed by atoms with Gasteiger partial charge >= 0.3 is 5.97 Å². The summed E-state index contributed by atoms with van der Waals surface area (Å²) in [6.07, 6.45) is 7.52. The molecule has 1 fully saturated rings. The van der Waals surface area contributed by atoms with Crippen molar-refractivity contribution in [1.82, 2.24) is 4.90 Å². The highest BCUT2D eigenvalue weighted by atomic mass is 16.5. The van der Waals surface area contributed by atoms with Crippen LogP contribution in [0.4, 0.5) is 0 Å². The van der Waals surface area contributed by atoms with E-state index >= 15 is 0 Å². The number of nitrogens with zero attached hydrogens (tertiary/aromatic N) is 1. The molecule has 2 aromatic carbocycles. The summed E-state index contributed by atoms with van der Waals surface area (Å²) in [5.41, 5.74) is 0.700. The number of benzene rings is 2. The Hall–Kier alpha value is -3.32. The van der Waals surface area contributed by atoms with E-state index in [-0.39, 0.29) is 18.4 Å². The molecule has 7 nitrogen and oxygen atoms in total. The number of aliphatic hydroxyl groups excluding tert-OH is 1. The Kier molecular flexibility index (Phi) is 9.52. The number of methoxy groups -OCH3 is 1. The van der Waals surface area contributed by atoms with E-state index in [0.29, 0.717) is 42.2 Å². The van der Waals surface area contributed by atoms with Crippen LogP contribution in [-0.4, -0.2) is 46.7 Å². The number of carbonyl (C=O) groups excluding carboxylic acids is 1. The van der Waals surface area contributed by atoms with Crippen LogP contribution in [-0.2, 0) is 9.59 Å². The van der Waals surface area contributed by atoms with Crippen LogP contribution in [0, 0.1) is 0 Å². The summed E-state index contributed by atoms with van der Waals surface area (Å²) in [7, 11) is 1.60. The van der Waals surface area contributed by atoms with Crippen molar-refractivity contribution in [3.05, 3.63) is 66.2 Å². The lowest BCUT2D eigenvalue weighted by Gasteiger charge is -2.22. The van der Waals surface area contributed by atoms with Gasteiger partial charge in [0.1, 0.15) is 17.2 Å². The molecule has 2 atom stereocenters. The molecule has 1 heterocycles. The number of likely N-dealkylation sites (tertiary alicyclic amines) is 1. The molecule has 34 heavy (non-hydrogen) atoms. The van der Waals surface area contributed by atoms with Gasteiger partial charge in [0.2, 0.25) is 5.91 Å². The van der Waals surface area contributed by atoms with Gasteiger partial charge in [0.25, 0.3) is 0 Å². The van der Waals surface area contributed by atoms with Crippen molar-refractivity contribution in [2.45, 2.75) is 57.1 Å². The fourth-order valence-electron chi connectivity index (χ4n) is 4.07. The average molecular weight is 468 g/mol. The Balaban J connectivity index is 1.54. The van der Waals surface area contributed by atoms with E-state index < -0.39 is 12.1 Å². The average Bonchev–Trinajstić information content (AvgIpc) is 3.19. The number of carboxylic acid groups (broad SMARTS) is 1. The van der Waals surface area contributed by atoms with Crippen molar-refractivity contribution in [2.75, 3.05) is 13.7 Å². The van der Waals surface area contributed by atoms with Gasteiger partial charge in [0, 0.05) is 25.5 Å². The Bertz CT molecular complexity index is 989. The van der Waals surface area contributed by atoms with Crippen molar-refractivity contribution in [2.24, 2.45) is 0 Å². The molecular weight excluding hydrogens is 434 g/mol. The second-order valence-corrected chi connectivity index (χ2v) is 8.43. The topological polar surface area (TPSA) is 96.3 Å². The molecule has 1 saturated heterocycles. The highest BCUT2D eigenvalue weighted by Crippen LogP contribution is 2.28. The fourth-order valence-corrected chi connectivity index (χ4v) is 4.07. The monoisotopic (exact) mass is 467 g/mol. The van der Waals surface area contributed by atoms with Crippen molar-refractivity contribution in [3.8, 4) is 17.2 Å². The van der Waals surface area contributed by atoms with E-state index in [0.717, 1.165) is 25.7 Å². The van der Waals surface area contributed by atoms with Gasteiger partial charge in [0.15, 0.2) is 0 Å². The smallest absolute Gasteiger partial charge is 0.303 e. The SMILES string of the molecule is COc1cccc(Oc2cccc(C(O)C=C[C@H]3CCC(=O)N3CCCCCCC(=O)O)c2)c1. The van der Waals surface area contributed by atoms with Crippen LogP contribution in [0.5, 0.6) is 17.2 Å². The molecule has 0 bridgehead atoms. The number of aliphatic hydroxyl groups is 1. The first-order valence-electron chi connectivity index (χ1n) is 11.8. The number of carboxylic acids is 1. The van der Waals surface area contributed by atoms with E-state index in [1.165, 1.54) is 0 Å². The van der Waals surface area contributed by atoms with Crippen LogP contribution in [0.1, 0.15) is 56.6 Å². The summed E-state index contributed by atoms with van der Waals surface area (Å²) < 4.78 is 11.1. The highest BCUT2D eigenvalue weighted by Gasteiger charge is 2.28. The molecule has 1 aliphatic heterocycles. The number of unbranched alkanes of at least 4 members (excludes halogenated alkanes) is 3. The maximum absolute atomic E-state index is 12.3. The molecule has 2 N–H and O–H groups in total. The molecule has 3 rings (SSSR count). The van der Waals surface area contributed by atoms with Gasteiger partial charge in [-0.05, 0) is 49.1 Å². The van der Waals surface area contributed by atoms with E-state index in [1.54, 1.807) is 25.3 Å². The third kappa shape index (κ3) is 7.63. The molecule has 0 saturated carbocycles. The molecule has 1 unspecified atom stereocenters. The predicted molar refractivity (Wildman–Crippen MR) is 129 cm³/mol. The van der Waals surface area contributed by atoms with Crippen molar-refractivity contribution in [1.29, 1.82) is 0 Å². The number of hydrogen-bond donors (Lipinski definition) is 2. The minimum Gasteiger partial charge on any atom is -0.497 e. The molecule has 2 aromatic rings. The first kappa shape index (κ1) is 25.3. The Labute approximate surface area is 200 Å². The van der Waals surface area contributed by atoms with Gasteiger partial charge < -0.3 is 24.6 Å². The Morgan fingerprint density at radius 1 is 1.09 bits per heavy atom. The molecule has 0 spiro atoms. The van der Waals surface area contributed by atoms with Crippen LogP contribution in [0.15, 0.2) is 60.7 Å². The summed E-state index contributed by atoms with van der Waals surface area (Å²) in [6, 6.07) is 14.6. The zero-order valence-corrected chi connectivity index (χ0v) is 19.6. The third-order valence-corrected chi connectivity index (χ3v) is 5.91. The summed E-state index contributed by atoms with van der Waals surface area (Å²) >= 11 is 0. The Morgan fingerprint density at radius 2 is 1.79 bits per heavy atom. The lowest BCUT2D eigenvalue weighted by molar-refractivity contribution is -0.137.